The fraction of sp³-hybridized carbons (Fsp3) is 0.818. The number of hydrogen-bond acceptors (Lipinski definition) is 3. The van der Waals surface area contributed by atoms with Crippen molar-refractivity contribution in [3.63, 3.8) is 0 Å². The van der Waals surface area contributed by atoms with Crippen LogP contribution >= 0.6 is 0 Å². The van der Waals surface area contributed by atoms with Crippen molar-refractivity contribution in [2.45, 2.75) is 83.8 Å². The highest BCUT2D eigenvalue weighted by Crippen LogP contribution is 2.65. The summed E-state index contributed by atoms with van der Waals surface area (Å²) in [5, 5.41) is 0. The molecule has 6 atom stereocenters. The average Bonchev–Trinajstić information content (AvgIpc) is 3.32. The quantitative estimate of drug-likeness (QED) is 0.754. The predicted molar refractivity (Wildman–Crippen MR) is 95.0 cm³/mol. The third-order valence-corrected chi connectivity index (χ3v) is 8.58. The molecule has 3 nitrogen and oxygen atoms in total. The molecule has 0 N–H and O–H groups in total. The van der Waals surface area contributed by atoms with Gasteiger partial charge in [-0.2, -0.15) is 0 Å². The summed E-state index contributed by atoms with van der Waals surface area (Å²) in [7, 11) is 0. The molecular weight excluding hydrogens is 312 g/mol. The van der Waals surface area contributed by atoms with Crippen molar-refractivity contribution in [2.24, 2.45) is 28.6 Å². The number of rotatable bonds is 2. The molecule has 0 aliphatic heterocycles. The van der Waals surface area contributed by atoms with Crippen molar-refractivity contribution in [1.82, 2.24) is 0 Å². The Labute approximate surface area is 150 Å². The standard InChI is InChI=1S/C22H30O3/c1-21-9-7-13(23)11-18(21)19(24)12-15-16-5-6-20(25-14-3-4-14)22(16,2)10-8-17(15)21/h11,14-17,20H,3-10,12H2,1-2H3/t15?,16?,17?,20-,21+,22-/m0/s1. The van der Waals surface area contributed by atoms with Gasteiger partial charge in [-0.3, -0.25) is 9.59 Å². The second kappa shape index (κ2) is 5.28. The minimum Gasteiger partial charge on any atom is -0.374 e. The van der Waals surface area contributed by atoms with E-state index in [0.29, 0.717) is 42.8 Å². The Morgan fingerprint density at radius 1 is 1.00 bits per heavy atom. The maximum absolute atomic E-state index is 12.9. The van der Waals surface area contributed by atoms with Crippen LogP contribution in [0.3, 0.4) is 0 Å². The molecule has 136 valence electrons. The number of ether oxygens (including phenoxy) is 1. The van der Waals surface area contributed by atoms with Crippen LogP contribution in [0.2, 0.25) is 0 Å². The average molecular weight is 342 g/mol. The normalized spacial score (nSPS) is 49.3. The lowest BCUT2D eigenvalue weighted by Crippen LogP contribution is -2.53. The summed E-state index contributed by atoms with van der Waals surface area (Å²) in [4.78, 5) is 24.9. The first-order valence-electron chi connectivity index (χ1n) is 10.4. The minimum atomic E-state index is -0.0648. The molecule has 4 saturated carbocycles. The topological polar surface area (TPSA) is 43.4 Å². The van der Waals surface area contributed by atoms with Crippen LogP contribution in [0.1, 0.15) is 71.6 Å². The molecule has 0 aromatic heterocycles. The number of carbonyl (C=O) groups excluding carboxylic acids is 2. The lowest BCUT2D eigenvalue weighted by Gasteiger charge is -2.57. The number of Topliss-reactive ketones (excluding diaryl/α,β-unsaturated/α-hetero) is 1. The molecule has 25 heavy (non-hydrogen) atoms. The molecular formula is C22H30O3. The molecule has 0 bridgehead atoms. The van der Waals surface area contributed by atoms with Gasteiger partial charge >= 0.3 is 0 Å². The Morgan fingerprint density at radius 2 is 1.80 bits per heavy atom. The van der Waals surface area contributed by atoms with Crippen LogP contribution in [0.25, 0.3) is 0 Å². The van der Waals surface area contributed by atoms with Gasteiger partial charge in [0.25, 0.3) is 0 Å². The molecule has 3 heteroatoms. The highest BCUT2D eigenvalue weighted by atomic mass is 16.5. The molecule has 0 radical (unpaired) electrons. The van der Waals surface area contributed by atoms with Crippen molar-refractivity contribution in [2.75, 3.05) is 0 Å². The van der Waals surface area contributed by atoms with Gasteiger partial charge in [0, 0.05) is 18.4 Å². The largest absolute Gasteiger partial charge is 0.374 e. The number of allylic oxidation sites excluding steroid dienone is 1. The summed E-state index contributed by atoms with van der Waals surface area (Å²) in [6, 6.07) is 0. The molecule has 5 aliphatic rings. The monoisotopic (exact) mass is 342 g/mol. The lowest BCUT2D eigenvalue weighted by molar-refractivity contribution is -0.135. The number of carbonyl (C=O) groups is 2. The van der Waals surface area contributed by atoms with Gasteiger partial charge in [-0.05, 0) is 79.6 Å². The fourth-order valence-electron chi connectivity index (χ4n) is 7.00. The minimum absolute atomic E-state index is 0.0648. The summed E-state index contributed by atoms with van der Waals surface area (Å²) >= 11 is 0. The van der Waals surface area contributed by atoms with Crippen molar-refractivity contribution in [3.8, 4) is 0 Å². The summed E-state index contributed by atoms with van der Waals surface area (Å²) in [6.07, 6.45) is 12.1. The van der Waals surface area contributed by atoms with E-state index in [4.69, 9.17) is 4.74 Å². The van der Waals surface area contributed by atoms with Gasteiger partial charge in [-0.15, -0.1) is 0 Å². The molecule has 0 heterocycles. The van der Waals surface area contributed by atoms with Crippen molar-refractivity contribution in [1.29, 1.82) is 0 Å². The smallest absolute Gasteiger partial charge is 0.159 e. The van der Waals surface area contributed by atoms with E-state index in [1.165, 1.54) is 38.5 Å². The Balaban J connectivity index is 1.47. The molecule has 3 unspecified atom stereocenters. The Bertz CT molecular complexity index is 660. The van der Waals surface area contributed by atoms with Gasteiger partial charge in [0.15, 0.2) is 11.6 Å². The number of fused-ring (bicyclic) bond motifs is 5. The van der Waals surface area contributed by atoms with Crippen LogP contribution in [-0.2, 0) is 14.3 Å². The van der Waals surface area contributed by atoms with Gasteiger partial charge < -0.3 is 4.74 Å². The third kappa shape index (κ3) is 2.27. The second-order valence-electron chi connectivity index (χ2n) is 9.89. The van der Waals surface area contributed by atoms with E-state index in [1.54, 1.807) is 6.08 Å². The summed E-state index contributed by atoms with van der Waals surface area (Å²) in [6.45, 7) is 4.71. The van der Waals surface area contributed by atoms with Gasteiger partial charge in [0.2, 0.25) is 0 Å². The lowest BCUT2D eigenvalue weighted by atomic mass is 9.47. The first-order chi connectivity index (χ1) is 11.9. The summed E-state index contributed by atoms with van der Waals surface area (Å²) < 4.78 is 6.41. The molecule has 0 saturated heterocycles. The first-order valence-corrected chi connectivity index (χ1v) is 10.4. The maximum atomic E-state index is 12.9. The van der Waals surface area contributed by atoms with Crippen molar-refractivity contribution < 1.29 is 14.3 Å². The SMILES string of the molecule is C[C@]12CCC(=O)C=C1C(=O)CC1C2CC[C@@]2(C)C1CC[C@@H]2OC1CC1. The Hall–Kier alpha value is -0.960. The van der Waals surface area contributed by atoms with Crippen LogP contribution in [0.4, 0.5) is 0 Å². The first kappa shape index (κ1) is 16.2. The molecule has 0 spiro atoms. The van der Waals surface area contributed by atoms with Gasteiger partial charge in [0.1, 0.15) is 0 Å². The molecule has 5 rings (SSSR count). The molecule has 5 aliphatic carbocycles. The summed E-state index contributed by atoms with van der Waals surface area (Å²) in [5.41, 5.74) is 1.05. The molecule has 0 aromatic rings. The Morgan fingerprint density at radius 3 is 2.56 bits per heavy atom. The van der Waals surface area contributed by atoms with E-state index < -0.39 is 0 Å². The highest BCUT2D eigenvalue weighted by molar-refractivity contribution is 6.05. The maximum Gasteiger partial charge on any atom is 0.159 e. The van der Waals surface area contributed by atoms with E-state index in [0.717, 1.165) is 12.0 Å². The fourth-order valence-corrected chi connectivity index (χ4v) is 7.00. The van der Waals surface area contributed by atoms with E-state index in [1.807, 2.05) is 0 Å². The zero-order chi connectivity index (χ0) is 17.4. The van der Waals surface area contributed by atoms with E-state index >= 15 is 0 Å². The predicted octanol–water partition coefficient (Wildman–Crippen LogP) is 4.24. The summed E-state index contributed by atoms with van der Waals surface area (Å²) in [5.74, 6) is 2.10. The molecule has 4 fully saturated rings. The second-order valence-corrected chi connectivity index (χ2v) is 9.89. The van der Waals surface area contributed by atoms with E-state index in [9.17, 15) is 9.59 Å². The molecule has 0 amide bonds. The third-order valence-electron chi connectivity index (χ3n) is 8.58. The van der Waals surface area contributed by atoms with Crippen molar-refractivity contribution >= 4 is 11.6 Å². The highest BCUT2D eigenvalue weighted by Gasteiger charge is 2.61. The van der Waals surface area contributed by atoms with Gasteiger partial charge in [-0.25, -0.2) is 0 Å². The van der Waals surface area contributed by atoms with Crippen LogP contribution in [0.15, 0.2) is 11.6 Å². The van der Waals surface area contributed by atoms with Crippen LogP contribution in [0, 0.1) is 28.6 Å². The number of hydrogen-bond donors (Lipinski definition) is 0. The van der Waals surface area contributed by atoms with Crippen LogP contribution in [-0.4, -0.2) is 23.8 Å². The van der Waals surface area contributed by atoms with Crippen LogP contribution in [0.5, 0.6) is 0 Å². The zero-order valence-corrected chi connectivity index (χ0v) is 15.6. The number of ketones is 2. The van der Waals surface area contributed by atoms with E-state index in [-0.39, 0.29) is 22.4 Å². The van der Waals surface area contributed by atoms with Crippen LogP contribution < -0.4 is 0 Å². The van der Waals surface area contributed by atoms with Crippen molar-refractivity contribution in [3.05, 3.63) is 11.6 Å². The zero-order valence-electron chi connectivity index (χ0n) is 15.6. The Kier molecular flexibility index (Phi) is 3.43. The van der Waals surface area contributed by atoms with Gasteiger partial charge in [0.05, 0.1) is 12.2 Å². The van der Waals surface area contributed by atoms with E-state index in [2.05, 4.69) is 13.8 Å². The molecule has 0 aromatic carbocycles. The van der Waals surface area contributed by atoms with Gasteiger partial charge in [-0.1, -0.05) is 13.8 Å².